The summed E-state index contributed by atoms with van der Waals surface area (Å²) in [6.07, 6.45) is 5.23. The first-order valence-electron chi connectivity index (χ1n) is 8.85. The monoisotopic (exact) mass is 351 g/mol. The van der Waals surface area contributed by atoms with E-state index in [1.807, 2.05) is 18.2 Å². The minimum Gasteiger partial charge on any atom is -0.351 e. The van der Waals surface area contributed by atoms with Gasteiger partial charge in [0.1, 0.15) is 0 Å². The lowest BCUT2D eigenvalue weighted by atomic mass is 9.67. The van der Waals surface area contributed by atoms with Crippen LogP contribution in [0.5, 0.6) is 0 Å². The van der Waals surface area contributed by atoms with Crippen molar-refractivity contribution < 1.29 is 14.1 Å². The van der Waals surface area contributed by atoms with Gasteiger partial charge in [0, 0.05) is 43.2 Å². The van der Waals surface area contributed by atoms with E-state index in [0.29, 0.717) is 26.1 Å². The molecule has 1 aromatic carbocycles. The number of amides is 2. The zero-order valence-corrected chi connectivity index (χ0v) is 14.6. The smallest absolute Gasteiger partial charge is 0.292 e. The number of hydrogen-bond acceptors (Lipinski definition) is 4. The van der Waals surface area contributed by atoms with E-state index < -0.39 is 0 Å². The number of fused-ring (bicyclic) bond motifs is 2. The van der Waals surface area contributed by atoms with E-state index in [1.165, 1.54) is 11.8 Å². The Morgan fingerprint density at radius 1 is 1.27 bits per heavy atom. The van der Waals surface area contributed by atoms with Crippen LogP contribution in [0, 0.1) is 0 Å². The number of para-hydroxylation sites is 1. The van der Waals surface area contributed by atoms with E-state index in [1.54, 1.807) is 21.9 Å². The lowest BCUT2D eigenvalue weighted by Gasteiger charge is -2.47. The average Bonchev–Trinajstić information content (AvgIpc) is 3.20. The molecule has 134 valence electrons. The van der Waals surface area contributed by atoms with Crippen molar-refractivity contribution in [1.82, 2.24) is 10.1 Å². The fourth-order valence-electron chi connectivity index (χ4n) is 4.17. The Morgan fingerprint density at radius 2 is 2.04 bits per heavy atom. The molecule has 26 heavy (non-hydrogen) atoms. The molecule has 0 aliphatic carbocycles. The minimum absolute atomic E-state index is 0.124. The molecule has 0 unspecified atom stereocenters. The van der Waals surface area contributed by atoms with E-state index in [0.717, 1.165) is 18.5 Å². The number of anilines is 1. The molecule has 2 aliphatic rings. The van der Waals surface area contributed by atoms with Crippen molar-refractivity contribution in [3.05, 3.63) is 60.5 Å². The maximum atomic E-state index is 12.8. The number of rotatable bonds is 3. The van der Waals surface area contributed by atoms with Gasteiger partial charge in [0.2, 0.25) is 11.7 Å². The van der Waals surface area contributed by atoms with Gasteiger partial charge in [-0.25, -0.2) is 0 Å². The summed E-state index contributed by atoms with van der Waals surface area (Å²) in [6, 6.07) is 9.69. The summed E-state index contributed by atoms with van der Waals surface area (Å²) in [5.41, 5.74) is 1.97. The molecular formula is C20H21N3O3. The number of carbonyl (C=O) groups excluding carboxylic acids is 2. The van der Waals surface area contributed by atoms with E-state index >= 15 is 0 Å². The zero-order valence-electron chi connectivity index (χ0n) is 14.6. The maximum Gasteiger partial charge on any atom is 0.292 e. The van der Waals surface area contributed by atoms with Crippen LogP contribution in [0.15, 0.2) is 53.7 Å². The van der Waals surface area contributed by atoms with Crippen LogP contribution in [0.25, 0.3) is 0 Å². The molecule has 0 atom stereocenters. The Labute approximate surface area is 152 Å². The Bertz CT molecular complexity index is 836. The topological polar surface area (TPSA) is 66.7 Å². The highest BCUT2D eigenvalue weighted by molar-refractivity contribution is 5.98. The molecule has 2 amide bonds. The van der Waals surface area contributed by atoms with Gasteiger partial charge in [0.05, 0.1) is 6.20 Å². The van der Waals surface area contributed by atoms with Crippen molar-refractivity contribution in [2.45, 2.75) is 24.7 Å². The number of likely N-dealkylation sites (tertiary alicyclic amines) is 1. The molecule has 0 bridgehead atoms. The van der Waals surface area contributed by atoms with Gasteiger partial charge in [-0.1, -0.05) is 29.4 Å². The van der Waals surface area contributed by atoms with Gasteiger partial charge in [0.15, 0.2) is 0 Å². The summed E-state index contributed by atoms with van der Waals surface area (Å²) in [6.45, 7) is 5.48. The first-order chi connectivity index (χ1) is 12.6. The summed E-state index contributed by atoms with van der Waals surface area (Å²) in [4.78, 5) is 28.9. The molecule has 1 fully saturated rings. The van der Waals surface area contributed by atoms with Crippen molar-refractivity contribution in [3.8, 4) is 0 Å². The molecule has 1 saturated heterocycles. The molecule has 2 aliphatic heterocycles. The van der Waals surface area contributed by atoms with Crippen LogP contribution >= 0.6 is 0 Å². The molecule has 1 spiro atoms. The van der Waals surface area contributed by atoms with E-state index in [4.69, 9.17) is 4.52 Å². The molecule has 6 nitrogen and oxygen atoms in total. The molecule has 1 aromatic heterocycles. The number of piperidine rings is 1. The summed E-state index contributed by atoms with van der Waals surface area (Å²) in [5.74, 6) is 0.248. The molecule has 0 radical (unpaired) electrons. The minimum atomic E-state index is -0.205. The molecule has 2 aromatic rings. The van der Waals surface area contributed by atoms with Gasteiger partial charge in [-0.15, -0.1) is 6.58 Å². The first kappa shape index (κ1) is 16.6. The van der Waals surface area contributed by atoms with Gasteiger partial charge < -0.3 is 14.3 Å². The third kappa shape index (κ3) is 2.62. The van der Waals surface area contributed by atoms with E-state index in [2.05, 4.69) is 17.8 Å². The predicted octanol–water partition coefficient (Wildman–Crippen LogP) is 2.77. The zero-order chi connectivity index (χ0) is 18.1. The largest absolute Gasteiger partial charge is 0.351 e. The molecule has 3 heterocycles. The van der Waals surface area contributed by atoms with Crippen LogP contribution in [-0.4, -0.2) is 41.5 Å². The Hall–Kier alpha value is -2.89. The van der Waals surface area contributed by atoms with Crippen molar-refractivity contribution in [2.75, 3.05) is 24.5 Å². The molecule has 4 rings (SSSR count). The highest BCUT2D eigenvalue weighted by Crippen LogP contribution is 2.47. The summed E-state index contributed by atoms with van der Waals surface area (Å²) < 4.78 is 4.99. The quantitative estimate of drug-likeness (QED) is 0.798. The SMILES string of the molecule is C=CCN1C(=O)CC2(CCN(C(=O)c3ccno3)CC2)c2ccccc21. The Balaban J connectivity index is 1.60. The third-order valence-corrected chi connectivity index (χ3v) is 5.52. The normalized spacial score (nSPS) is 18.7. The van der Waals surface area contributed by atoms with Crippen molar-refractivity contribution in [2.24, 2.45) is 0 Å². The highest BCUT2D eigenvalue weighted by Gasteiger charge is 2.45. The average molecular weight is 351 g/mol. The highest BCUT2D eigenvalue weighted by atomic mass is 16.5. The van der Waals surface area contributed by atoms with Gasteiger partial charge in [-0.05, 0) is 24.5 Å². The number of hydrogen-bond donors (Lipinski definition) is 0. The van der Waals surface area contributed by atoms with Gasteiger partial charge in [0.25, 0.3) is 5.91 Å². The predicted molar refractivity (Wildman–Crippen MR) is 96.9 cm³/mol. The van der Waals surface area contributed by atoms with Crippen LogP contribution in [-0.2, 0) is 10.2 Å². The van der Waals surface area contributed by atoms with Crippen LogP contribution in [0.1, 0.15) is 35.4 Å². The Morgan fingerprint density at radius 3 is 2.73 bits per heavy atom. The fraction of sp³-hybridized carbons (Fsp3) is 0.350. The lowest BCUT2D eigenvalue weighted by Crippen LogP contribution is -2.51. The molecule has 6 heteroatoms. The molecule has 0 saturated carbocycles. The van der Waals surface area contributed by atoms with Gasteiger partial charge in [-0.2, -0.15) is 0 Å². The fourth-order valence-corrected chi connectivity index (χ4v) is 4.17. The number of aromatic nitrogens is 1. The second-order valence-corrected chi connectivity index (χ2v) is 6.94. The molecular weight excluding hydrogens is 330 g/mol. The van der Waals surface area contributed by atoms with E-state index in [-0.39, 0.29) is 23.0 Å². The van der Waals surface area contributed by atoms with Crippen molar-refractivity contribution >= 4 is 17.5 Å². The van der Waals surface area contributed by atoms with E-state index in [9.17, 15) is 9.59 Å². The van der Waals surface area contributed by atoms with Crippen molar-refractivity contribution in [1.29, 1.82) is 0 Å². The lowest BCUT2D eigenvalue weighted by molar-refractivity contribution is -0.120. The Kier molecular flexibility index (Phi) is 4.11. The first-order valence-corrected chi connectivity index (χ1v) is 8.85. The summed E-state index contributed by atoms with van der Waals surface area (Å²) in [7, 11) is 0. The second kappa shape index (κ2) is 6.44. The number of nitrogens with zero attached hydrogens (tertiary/aromatic N) is 3. The van der Waals surface area contributed by atoms with Crippen molar-refractivity contribution in [3.63, 3.8) is 0 Å². The molecule has 0 N–H and O–H groups in total. The second-order valence-electron chi connectivity index (χ2n) is 6.94. The summed E-state index contributed by atoms with van der Waals surface area (Å²) in [5, 5.41) is 3.61. The number of carbonyl (C=O) groups is 2. The van der Waals surface area contributed by atoms with Gasteiger partial charge >= 0.3 is 0 Å². The standard InChI is InChI=1S/C20H21N3O3/c1-2-11-23-16-6-4-3-5-15(16)20(14-18(23)24)8-12-22(13-9-20)19(25)17-7-10-21-26-17/h2-7,10H,1,8-9,11-14H2. The number of benzene rings is 1. The summed E-state index contributed by atoms with van der Waals surface area (Å²) >= 11 is 0. The van der Waals surface area contributed by atoms with Gasteiger partial charge in [-0.3, -0.25) is 9.59 Å². The van der Waals surface area contributed by atoms with Crippen LogP contribution in [0.3, 0.4) is 0 Å². The van der Waals surface area contributed by atoms with Crippen LogP contribution in [0.2, 0.25) is 0 Å². The third-order valence-electron chi connectivity index (χ3n) is 5.52. The van der Waals surface area contributed by atoms with Crippen LogP contribution < -0.4 is 4.90 Å². The van der Waals surface area contributed by atoms with Crippen LogP contribution in [0.4, 0.5) is 5.69 Å². The maximum absolute atomic E-state index is 12.8.